The summed E-state index contributed by atoms with van der Waals surface area (Å²) >= 11 is 0. The molecule has 22 nitrogen and oxygen atoms in total. The molecule has 0 bridgehead atoms. The van der Waals surface area contributed by atoms with Crippen LogP contribution in [0.1, 0.15) is 106 Å². The fourth-order valence-corrected chi connectivity index (χ4v) is 6.67. The smallest absolute Gasteiger partial charge is 0.243 e. The van der Waals surface area contributed by atoms with Gasteiger partial charge in [0.2, 0.25) is 59.1 Å². The molecule has 0 spiro atoms. The van der Waals surface area contributed by atoms with Gasteiger partial charge in [0.05, 0.1) is 38.8 Å². The average Bonchev–Trinajstić information content (AvgIpc) is 3.24. The average molecular weight is 895 g/mol. The van der Waals surface area contributed by atoms with Crippen molar-refractivity contribution in [3.63, 3.8) is 0 Å². The van der Waals surface area contributed by atoms with Gasteiger partial charge in [0, 0.05) is 0 Å². The molecule has 2 unspecified atom stereocenters. The minimum Gasteiger partial charge on any atom is -0.368 e. The Labute approximate surface area is 370 Å². The molecule has 22 heteroatoms. The normalized spacial score (nSPS) is 15.6. The van der Waals surface area contributed by atoms with Crippen molar-refractivity contribution in [3.8, 4) is 0 Å². The van der Waals surface area contributed by atoms with Crippen LogP contribution < -0.4 is 65.1 Å². The van der Waals surface area contributed by atoms with E-state index in [4.69, 9.17) is 17.2 Å². The van der Waals surface area contributed by atoms with E-state index in [1.807, 2.05) is 20.8 Å². The fraction of sp³-hybridized carbons (Fsp3) is 0.756. The van der Waals surface area contributed by atoms with Gasteiger partial charge in [-0.25, -0.2) is 0 Å². The number of carbonyl (C=O) groups excluding carboxylic acids is 10. The molecule has 1 rings (SSSR count). The zero-order valence-corrected chi connectivity index (χ0v) is 37.8. The molecule has 1 aliphatic rings. The first kappa shape index (κ1) is 55.6. The van der Waals surface area contributed by atoms with E-state index in [9.17, 15) is 47.9 Å². The number of rotatable bonds is 29. The van der Waals surface area contributed by atoms with Crippen LogP contribution in [-0.4, -0.2) is 129 Å². The number of amides is 10. The molecule has 6 atom stereocenters. The molecule has 1 saturated carbocycles. The number of hydrogen-bond donors (Lipinski definition) is 12. The zero-order valence-electron chi connectivity index (χ0n) is 37.8. The summed E-state index contributed by atoms with van der Waals surface area (Å²) in [5.41, 5.74) is 16.9. The summed E-state index contributed by atoms with van der Waals surface area (Å²) in [6.45, 7) is 8.26. The molecule has 1 fully saturated rings. The quantitative estimate of drug-likeness (QED) is 0.0353. The Kier molecular flexibility index (Phi) is 26.3. The van der Waals surface area contributed by atoms with Gasteiger partial charge in [-0.1, -0.05) is 80.1 Å². The van der Waals surface area contributed by atoms with E-state index in [2.05, 4.69) is 47.9 Å². The maximum absolute atomic E-state index is 13.4. The van der Waals surface area contributed by atoms with Crippen LogP contribution >= 0.6 is 0 Å². The van der Waals surface area contributed by atoms with E-state index in [1.54, 1.807) is 20.8 Å². The van der Waals surface area contributed by atoms with Gasteiger partial charge in [0.25, 0.3) is 0 Å². The second-order valence-electron chi connectivity index (χ2n) is 16.9. The van der Waals surface area contributed by atoms with Crippen LogP contribution in [0.5, 0.6) is 0 Å². The Morgan fingerprint density at radius 2 is 1.06 bits per heavy atom. The van der Waals surface area contributed by atoms with Crippen molar-refractivity contribution in [1.29, 1.82) is 0 Å². The van der Waals surface area contributed by atoms with Crippen LogP contribution in [0.15, 0.2) is 0 Å². The summed E-state index contributed by atoms with van der Waals surface area (Å²) in [6.07, 6.45) is 7.30. The number of hydrogen-bond acceptors (Lipinski definition) is 12. The van der Waals surface area contributed by atoms with Crippen molar-refractivity contribution < 1.29 is 47.9 Å². The van der Waals surface area contributed by atoms with E-state index in [0.717, 1.165) is 25.7 Å². The Morgan fingerprint density at radius 3 is 1.62 bits per heavy atom. The van der Waals surface area contributed by atoms with Gasteiger partial charge in [-0.15, -0.1) is 0 Å². The summed E-state index contributed by atoms with van der Waals surface area (Å²) in [6, 6.07) is -5.12. The standard InChI is InChI=1S/C41H74N12O10/c1-7-25(6)36(52-34(58)22-48-37(59)27(43)17-26-11-9-8-10-12-26)40(62)49-20-32(56)45-19-31(55)46-21-33(57)50-29(15-16-42)39(61)53-35(24(4)5)41(63)51-28(14-13-23(2)3)38(60)47-18-30(44)54/h23-29,35-36H,7-22,42-43H2,1-6H3,(H2,44,54)(H,45,56)(H,46,55)(H,47,60)(H,48,59)(H,49,62)(H,50,57)(H,51,63)(H,52,58)(H,53,61)/t25-,27-,28-,29-,35?,36?/m0/s1. The molecule has 0 heterocycles. The lowest BCUT2D eigenvalue weighted by Crippen LogP contribution is -2.59. The highest BCUT2D eigenvalue weighted by Gasteiger charge is 2.32. The van der Waals surface area contributed by atoms with Crippen molar-refractivity contribution >= 4 is 59.1 Å². The molecule has 358 valence electrons. The lowest BCUT2D eigenvalue weighted by atomic mass is 9.85. The second-order valence-corrected chi connectivity index (χ2v) is 16.9. The fourth-order valence-electron chi connectivity index (χ4n) is 6.67. The maximum Gasteiger partial charge on any atom is 0.243 e. The van der Waals surface area contributed by atoms with E-state index >= 15 is 0 Å². The largest absolute Gasteiger partial charge is 0.368 e. The third-order valence-electron chi connectivity index (χ3n) is 10.7. The predicted molar refractivity (Wildman–Crippen MR) is 233 cm³/mol. The molecular weight excluding hydrogens is 821 g/mol. The maximum atomic E-state index is 13.4. The topological polar surface area (TPSA) is 357 Å². The van der Waals surface area contributed by atoms with Gasteiger partial charge in [0.1, 0.15) is 24.2 Å². The van der Waals surface area contributed by atoms with E-state index in [-0.39, 0.29) is 37.8 Å². The Balaban J connectivity index is 2.64. The van der Waals surface area contributed by atoms with Crippen LogP contribution in [-0.2, 0) is 47.9 Å². The van der Waals surface area contributed by atoms with Gasteiger partial charge in [-0.3, -0.25) is 47.9 Å². The molecule has 0 aromatic carbocycles. The second kappa shape index (κ2) is 29.8. The Bertz CT molecular complexity index is 1560. The number of primary amides is 1. The molecule has 1 aliphatic carbocycles. The molecule has 0 aromatic heterocycles. The third-order valence-corrected chi connectivity index (χ3v) is 10.7. The number of carbonyl (C=O) groups is 10. The summed E-state index contributed by atoms with van der Waals surface area (Å²) < 4.78 is 0. The van der Waals surface area contributed by atoms with Gasteiger partial charge < -0.3 is 65.1 Å². The van der Waals surface area contributed by atoms with Crippen LogP contribution in [0.25, 0.3) is 0 Å². The third kappa shape index (κ3) is 23.0. The summed E-state index contributed by atoms with van der Waals surface area (Å²) in [5.74, 6) is -6.99. The van der Waals surface area contributed by atoms with E-state index in [0.29, 0.717) is 25.2 Å². The Morgan fingerprint density at radius 1 is 0.540 bits per heavy atom. The minimum atomic E-state index is -1.20. The molecular formula is C41H74N12O10. The highest BCUT2D eigenvalue weighted by Crippen LogP contribution is 2.27. The predicted octanol–water partition coefficient (Wildman–Crippen LogP) is -3.22. The van der Waals surface area contributed by atoms with Crippen LogP contribution in [0.2, 0.25) is 0 Å². The summed E-state index contributed by atoms with van der Waals surface area (Å²) in [5, 5.41) is 22.3. The minimum absolute atomic E-state index is 0.0265. The zero-order chi connectivity index (χ0) is 47.6. The molecule has 63 heavy (non-hydrogen) atoms. The van der Waals surface area contributed by atoms with Gasteiger partial charge in [-0.05, 0) is 55.9 Å². The highest BCUT2D eigenvalue weighted by molar-refractivity contribution is 5.96. The monoisotopic (exact) mass is 895 g/mol. The van der Waals surface area contributed by atoms with E-state index in [1.165, 1.54) is 6.42 Å². The van der Waals surface area contributed by atoms with Crippen molar-refractivity contribution in [2.45, 2.75) is 136 Å². The van der Waals surface area contributed by atoms with Crippen molar-refractivity contribution in [2.24, 2.45) is 40.9 Å². The first-order chi connectivity index (χ1) is 29.7. The number of nitrogens with two attached hydrogens (primary N) is 3. The molecule has 0 aliphatic heterocycles. The molecule has 15 N–H and O–H groups in total. The molecule has 0 aromatic rings. The van der Waals surface area contributed by atoms with Gasteiger partial charge in [-0.2, -0.15) is 0 Å². The number of nitrogens with one attached hydrogen (secondary N) is 9. The summed E-state index contributed by atoms with van der Waals surface area (Å²) in [7, 11) is 0. The summed E-state index contributed by atoms with van der Waals surface area (Å²) in [4.78, 5) is 127. The first-order valence-corrected chi connectivity index (χ1v) is 22.0. The van der Waals surface area contributed by atoms with Crippen molar-refractivity contribution in [3.05, 3.63) is 0 Å². The molecule has 10 amide bonds. The molecule has 0 saturated heterocycles. The van der Waals surface area contributed by atoms with Crippen LogP contribution in [0, 0.1) is 23.7 Å². The Hall–Kier alpha value is -5.38. The molecule has 0 radical (unpaired) electrons. The van der Waals surface area contributed by atoms with Gasteiger partial charge in [0.15, 0.2) is 0 Å². The first-order valence-electron chi connectivity index (χ1n) is 22.0. The van der Waals surface area contributed by atoms with E-state index < -0.39 is 121 Å². The van der Waals surface area contributed by atoms with Gasteiger partial charge >= 0.3 is 0 Å². The lowest BCUT2D eigenvalue weighted by Gasteiger charge is -2.27. The SMILES string of the molecule is CC[C@H](C)C(NC(=O)CNC(=O)[C@@H](N)CC1CCCCC1)C(=O)NCC(=O)NCC(=O)NCC(=O)N[C@@H](CCN)C(=O)NC(C(=O)N[C@@H](CCC(C)C)C(=O)NCC(N)=O)C(C)C. The highest BCUT2D eigenvalue weighted by atomic mass is 16.2. The van der Waals surface area contributed by atoms with Crippen molar-refractivity contribution in [1.82, 2.24) is 47.9 Å². The van der Waals surface area contributed by atoms with Crippen LogP contribution in [0.3, 0.4) is 0 Å². The van der Waals surface area contributed by atoms with Crippen LogP contribution in [0.4, 0.5) is 0 Å². The van der Waals surface area contributed by atoms with Crippen molar-refractivity contribution in [2.75, 3.05) is 39.3 Å². The lowest BCUT2D eigenvalue weighted by molar-refractivity contribution is -0.135.